The lowest BCUT2D eigenvalue weighted by molar-refractivity contribution is -0.144. The molecule has 1 N–H and O–H groups in total. The lowest BCUT2D eigenvalue weighted by Gasteiger charge is -2.40. The number of amides is 1. The van der Waals surface area contributed by atoms with Crippen LogP contribution < -0.4 is 5.32 Å². The predicted molar refractivity (Wildman–Crippen MR) is 89.8 cm³/mol. The van der Waals surface area contributed by atoms with Gasteiger partial charge >= 0.3 is 0 Å². The van der Waals surface area contributed by atoms with Crippen LogP contribution in [0, 0.1) is 11.3 Å². The average molecular weight is 307 g/mol. The van der Waals surface area contributed by atoms with Gasteiger partial charge in [-0.2, -0.15) is 0 Å². The summed E-state index contributed by atoms with van der Waals surface area (Å²) in [7, 11) is 4.27. The maximum absolute atomic E-state index is 13.1. The number of likely N-dealkylation sites (tertiary alicyclic amines) is 1. The molecule has 3 aliphatic rings. The zero-order chi connectivity index (χ0) is 15.6. The number of piperidine rings is 1. The Morgan fingerprint density at radius 3 is 2.91 bits per heavy atom. The quantitative estimate of drug-likeness (QED) is 0.864. The minimum Gasteiger partial charge on any atom is -0.345 e. The van der Waals surface area contributed by atoms with Gasteiger partial charge in [0.1, 0.15) is 0 Å². The van der Waals surface area contributed by atoms with Crippen molar-refractivity contribution >= 4 is 5.91 Å². The summed E-state index contributed by atoms with van der Waals surface area (Å²) >= 11 is 0. The van der Waals surface area contributed by atoms with E-state index < -0.39 is 0 Å². The number of rotatable bonds is 4. The Bertz CT molecular complexity index is 400. The first-order valence-corrected chi connectivity index (χ1v) is 9.30. The van der Waals surface area contributed by atoms with Crippen LogP contribution in [0.25, 0.3) is 0 Å². The number of nitrogens with zero attached hydrogens (tertiary/aromatic N) is 2. The van der Waals surface area contributed by atoms with E-state index in [1.165, 1.54) is 45.1 Å². The molecule has 0 bridgehead atoms. The molecule has 0 aromatic heterocycles. The van der Waals surface area contributed by atoms with E-state index in [1.54, 1.807) is 0 Å². The fraction of sp³-hybridized carbons (Fsp3) is 0.944. The van der Waals surface area contributed by atoms with Gasteiger partial charge in [-0.25, -0.2) is 0 Å². The largest absolute Gasteiger partial charge is 0.345 e. The molecule has 126 valence electrons. The van der Waals surface area contributed by atoms with E-state index in [9.17, 15) is 4.79 Å². The molecule has 0 spiro atoms. The third-order valence-corrected chi connectivity index (χ3v) is 6.53. The fourth-order valence-electron chi connectivity index (χ4n) is 5.00. The molecule has 1 unspecified atom stereocenters. The van der Waals surface area contributed by atoms with Gasteiger partial charge in [-0.05, 0) is 58.2 Å². The molecule has 3 rings (SSSR count). The molecule has 2 saturated heterocycles. The zero-order valence-electron chi connectivity index (χ0n) is 14.4. The molecule has 4 heteroatoms. The molecule has 0 radical (unpaired) electrons. The highest BCUT2D eigenvalue weighted by Gasteiger charge is 2.50. The molecule has 22 heavy (non-hydrogen) atoms. The van der Waals surface area contributed by atoms with Gasteiger partial charge in [0, 0.05) is 26.2 Å². The second-order valence-corrected chi connectivity index (χ2v) is 7.88. The Hall–Kier alpha value is -0.610. The molecule has 1 aliphatic carbocycles. The number of nitrogens with one attached hydrogen (secondary N) is 1. The Balaban J connectivity index is 1.57. The topological polar surface area (TPSA) is 35.6 Å². The van der Waals surface area contributed by atoms with Crippen molar-refractivity contribution in [3.05, 3.63) is 0 Å². The van der Waals surface area contributed by atoms with Crippen LogP contribution in [0.15, 0.2) is 0 Å². The Morgan fingerprint density at radius 1 is 1.27 bits per heavy atom. The summed E-state index contributed by atoms with van der Waals surface area (Å²) in [6, 6.07) is 0.672. The first-order chi connectivity index (χ1) is 10.6. The van der Waals surface area contributed by atoms with Gasteiger partial charge < -0.3 is 15.1 Å². The Kier molecular flexibility index (Phi) is 5.08. The van der Waals surface area contributed by atoms with E-state index in [1.807, 2.05) is 11.9 Å². The van der Waals surface area contributed by atoms with Crippen LogP contribution in [0.3, 0.4) is 0 Å². The summed E-state index contributed by atoms with van der Waals surface area (Å²) in [5, 5.41) is 3.50. The molecule has 0 aromatic rings. The van der Waals surface area contributed by atoms with E-state index in [-0.39, 0.29) is 5.41 Å². The molecule has 0 aromatic carbocycles. The Morgan fingerprint density at radius 2 is 2.09 bits per heavy atom. The lowest BCUT2D eigenvalue weighted by atomic mass is 9.67. The van der Waals surface area contributed by atoms with E-state index in [0.29, 0.717) is 17.9 Å². The van der Waals surface area contributed by atoms with Crippen molar-refractivity contribution < 1.29 is 4.79 Å². The van der Waals surface area contributed by atoms with Gasteiger partial charge in [-0.1, -0.05) is 19.3 Å². The van der Waals surface area contributed by atoms with Crippen LogP contribution in [0.5, 0.6) is 0 Å². The minimum absolute atomic E-state index is 0.0779. The van der Waals surface area contributed by atoms with Crippen molar-refractivity contribution in [1.82, 2.24) is 15.1 Å². The molecule has 1 amide bonds. The summed E-state index contributed by atoms with van der Waals surface area (Å²) < 4.78 is 0. The van der Waals surface area contributed by atoms with Crippen LogP contribution in [-0.2, 0) is 4.79 Å². The number of hydrogen-bond donors (Lipinski definition) is 1. The fourth-order valence-corrected chi connectivity index (χ4v) is 5.00. The van der Waals surface area contributed by atoms with Crippen LogP contribution >= 0.6 is 0 Å². The maximum atomic E-state index is 13.1. The predicted octanol–water partition coefficient (Wildman–Crippen LogP) is 2.10. The number of carbonyl (C=O) groups is 1. The summed E-state index contributed by atoms with van der Waals surface area (Å²) in [5.41, 5.74) is -0.0779. The summed E-state index contributed by atoms with van der Waals surface area (Å²) in [6.45, 7) is 4.09. The van der Waals surface area contributed by atoms with Gasteiger partial charge in [0.2, 0.25) is 5.91 Å². The minimum atomic E-state index is -0.0779. The van der Waals surface area contributed by atoms with Gasteiger partial charge in [0.05, 0.1) is 5.41 Å². The van der Waals surface area contributed by atoms with Crippen molar-refractivity contribution in [3.63, 3.8) is 0 Å². The molecular formula is C18H33N3O. The van der Waals surface area contributed by atoms with Crippen molar-refractivity contribution in [2.75, 3.05) is 40.3 Å². The number of hydrogen-bond acceptors (Lipinski definition) is 3. The second-order valence-electron chi connectivity index (χ2n) is 7.88. The summed E-state index contributed by atoms with van der Waals surface area (Å²) in [5.74, 6) is 0.995. The third kappa shape index (κ3) is 3.05. The van der Waals surface area contributed by atoms with Crippen molar-refractivity contribution in [3.8, 4) is 0 Å². The van der Waals surface area contributed by atoms with E-state index in [4.69, 9.17) is 0 Å². The molecule has 2 heterocycles. The van der Waals surface area contributed by atoms with Gasteiger partial charge in [0.15, 0.2) is 0 Å². The van der Waals surface area contributed by atoms with Crippen LogP contribution in [0.4, 0.5) is 0 Å². The third-order valence-electron chi connectivity index (χ3n) is 6.53. The van der Waals surface area contributed by atoms with Gasteiger partial charge in [0.25, 0.3) is 0 Å². The van der Waals surface area contributed by atoms with E-state index >= 15 is 0 Å². The monoisotopic (exact) mass is 307 g/mol. The summed E-state index contributed by atoms with van der Waals surface area (Å²) in [6.07, 6.45) is 9.97. The van der Waals surface area contributed by atoms with Crippen molar-refractivity contribution in [1.29, 1.82) is 0 Å². The van der Waals surface area contributed by atoms with E-state index in [0.717, 1.165) is 32.5 Å². The van der Waals surface area contributed by atoms with Crippen LogP contribution in [0.1, 0.15) is 51.4 Å². The molecule has 1 saturated carbocycles. The lowest BCUT2D eigenvalue weighted by Crippen LogP contribution is -2.49. The van der Waals surface area contributed by atoms with Gasteiger partial charge in [-0.15, -0.1) is 0 Å². The Labute approximate surface area is 135 Å². The van der Waals surface area contributed by atoms with Crippen molar-refractivity contribution in [2.24, 2.45) is 11.3 Å². The molecular weight excluding hydrogens is 274 g/mol. The van der Waals surface area contributed by atoms with Gasteiger partial charge in [-0.3, -0.25) is 4.79 Å². The molecule has 4 nitrogen and oxygen atoms in total. The molecule has 3 fully saturated rings. The average Bonchev–Trinajstić information content (AvgIpc) is 2.98. The SMILES string of the molecule is CN(CCC1CCCCN1C)C(=O)[C@@]12CCCC[C@H]1CNC2. The van der Waals surface area contributed by atoms with Crippen LogP contribution in [-0.4, -0.2) is 62.0 Å². The summed E-state index contributed by atoms with van der Waals surface area (Å²) in [4.78, 5) is 17.7. The standard InChI is InChI=1S/C18H33N3O/c1-20-11-6-4-8-16(20)9-12-21(2)17(22)18-10-5-3-7-15(18)13-19-14-18/h15-16,19H,3-14H2,1-2H3/t15-,16?,18+/m0/s1. The highest BCUT2D eigenvalue weighted by molar-refractivity contribution is 5.83. The smallest absolute Gasteiger partial charge is 0.230 e. The molecule has 2 aliphatic heterocycles. The first kappa shape index (κ1) is 16.3. The van der Waals surface area contributed by atoms with Crippen LogP contribution in [0.2, 0.25) is 0 Å². The highest BCUT2D eigenvalue weighted by atomic mass is 16.2. The van der Waals surface area contributed by atoms with E-state index in [2.05, 4.69) is 17.3 Å². The maximum Gasteiger partial charge on any atom is 0.230 e. The zero-order valence-corrected chi connectivity index (χ0v) is 14.4. The normalized spacial score (nSPS) is 36.1. The number of carbonyl (C=O) groups excluding carboxylic acids is 1. The highest BCUT2D eigenvalue weighted by Crippen LogP contribution is 2.44. The first-order valence-electron chi connectivity index (χ1n) is 9.30. The van der Waals surface area contributed by atoms with Crippen molar-refractivity contribution in [2.45, 2.75) is 57.4 Å². The number of fused-ring (bicyclic) bond motifs is 1. The molecule has 3 atom stereocenters. The second kappa shape index (κ2) is 6.88.